The summed E-state index contributed by atoms with van der Waals surface area (Å²) in [6, 6.07) is 5.78. The van der Waals surface area contributed by atoms with Gasteiger partial charge in [-0.05, 0) is 24.3 Å². The number of carbonyl (C=O) groups excluding carboxylic acids is 2. The van der Waals surface area contributed by atoms with Gasteiger partial charge in [-0.3, -0.25) is 9.59 Å². The van der Waals surface area contributed by atoms with Crippen molar-refractivity contribution in [2.75, 3.05) is 11.9 Å². The number of carbonyl (C=O) groups is 3. The highest BCUT2D eigenvalue weighted by Gasteiger charge is 2.21. The average Bonchev–Trinajstić information content (AvgIpc) is 2.35. The second kappa shape index (κ2) is 6.18. The molecular formula is C14H18N2O4. The fourth-order valence-electron chi connectivity index (χ4n) is 1.33. The number of benzene rings is 1. The van der Waals surface area contributed by atoms with Crippen molar-refractivity contribution >= 4 is 23.5 Å². The second-order valence-corrected chi connectivity index (χ2v) is 5.36. The third kappa shape index (κ3) is 4.72. The Labute approximate surface area is 117 Å². The Bertz CT molecular complexity index is 515. The van der Waals surface area contributed by atoms with E-state index < -0.39 is 11.4 Å². The highest BCUT2D eigenvalue weighted by atomic mass is 16.4. The summed E-state index contributed by atoms with van der Waals surface area (Å²) in [6.45, 7) is 5.14. The van der Waals surface area contributed by atoms with Crippen LogP contribution in [-0.2, 0) is 9.59 Å². The van der Waals surface area contributed by atoms with Gasteiger partial charge in [0.15, 0.2) is 0 Å². The van der Waals surface area contributed by atoms with Crippen LogP contribution in [0.4, 0.5) is 5.69 Å². The van der Waals surface area contributed by atoms with Crippen LogP contribution in [0.15, 0.2) is 24.3 Å². The van der Waals surface area contributed by atoms with Crippen LogP contribution in [0, 0.1) is 5.41 Å². The lowest BCUT2D eigenvalue weighted by Crippen LogP contribution is -2.39. The Balaban J connectivity index is 2.51. The van der Waals surface area contributed by atoms with Crippen LogP contribution in [0.3, 0.4) is 0 Å². The van der Waals surface area contributed by atoms with Crippen LogP contribution in [0.25, 0.3) is 0 Å². The molecule has 0 spiro atoms. The van der Waals surface area contributed by atoms with Crippen LogP contribution in [0.2, 0.25) is 0 Å². The molecule has 6 heteroatoms. The molecule has 0 atom stereocenters. The normalized spacial score (nSPS) is 10.8. The molecule has 0 aliphatic heterocycles. The Kier molecular flexibility index (Phi) is 4.85. The van der Waals surface area contributed by atoms with Gasteiger partial charge in [-0.25, -0.2) is 4.79 Å². The van der Waals surface area contributed by atoms with E-state index in [-0.39, 0.29) is 23.9 Å². The van der Waals surface area contributed by atoms with Crippen molar-refractivity contribution in [3.63, 3.8) is 0 Å². The first-order valence-electron chi connectivity index (χ1n) is 6.11. The fraction of sp³-hybridized carbons (Fsp3) is 0.357. The standard InChI is InChI=1S/C14H18N2O4/c1-14(2,3)13(20)15-8-11(17)16-10-6-4-9(5-7-10)12(18)19/h4-7H,8H2,1-3H3,(H,15,20)(H,16,17)(H,18,19). The minimum Gasteiger partial charge on any atom is -0.478 e. The lowest BCUT2D eigenvalue weighted by Gasteiger charge is -2.17. The number of carboxylic acids is 1. The quantitative estimate of drug-likeness (QED) is 0.777. The number of carboxylic acid groups (broad SMARTS) is 1. The smallest absolute Gasteiger partial charge is 0.335 e. The number of anilines is 1. The number of hydrogen-bond donors (Lipinski definition) is 3. The van der Waals surface area contributed by atoms with E-state index in [1.54, 1.807) is 20.8 Å². The van der Waals surface area contributed by atoms with Gasteiger partial charge in [0, 0.05) is 11.1 Å². The third-order valence-electron chi connectivity index (χ3n) is 2.51. The Hall–Kier alpha value is -2.37. The molecule has 1 rings (SSSR count). The molecular weight excluding hydrogens is 260 g/mol. The molecule has 108 valence electrons. The molecule has 0 saturated heterocycles. The molecule has 0 bridgehead atoms. The van der Waals surface area contributed by atoms with Gasteiger partial charge in [-0.1, -0.05) is 20.8 Å². The van der Waals surface area contributed by atoms with Gasteiger partial charge in [0.05, 0.1) is 12.1 Å². The summed E-state index contributed by atoms with van der Waals surface area (Å²) >= 11 is 0. The zero-order valence-electron chi connectivity index (χ0n) is 11.7. The van der Waals surface area contributed by atoms with E-state index in [0.717, 1.165) is 0 Å². The summed E-state index contributed by atoms with van der Waals surface area (Å²) in [4.78, 5) is 33.9. The molecule has 0 aliphatic carbocycles. The van der Waals surface area contributed by atoms with Gasteiger partial charge in [-0.2, -0.15) is 0 Å². The van der Waals surface area contributed by atoms with Gasteiger partial charge >= 0.3 is 5.97 Å². The topological polar surface area (TPSA) is 95.5 Å². The molecule has 0 fully saturated rings. The summed E-state index contributed by atoms with van der Waals surface area (Å²) in [6.07, 6.45) is 0. The molecule has 0 unspecified atom stereocenters. The monoisotopic (exact) mass is 278 g/mol. The maximum absolute atomic E-state index is 11.6. The lowest BCUT2D eigenvalue weighted by molar-refractivity contribution is -0.130. The van der Waals surface area contributed by atoms with E-state index in [1.165, 1.54) is 24.3 Å². The Morgan fingerprint density at radius 3 is 2.10 bits per heavy atom. The molecule has 3 N–H and O–H groups in total. The van der Waals surface area contributed by atoms with Crippen LogP contribution in [-0.4, -0.2) is 29.4 Å². The minimum absolute atomic E-state index is 0.128. The average molecular weight is 278 g/mol. The van der Waals surface area contributed by atoms with Gasteiger partial charge in [0.25, 0.3) is 0 Å². The maximum atomic E-state index is 11.6. The molecule has 1 aromatic carbocycles. The number of rotatable bonds is 4. The van der Waals surface area contributed by atoms with Crippen molar-refractivity contribution in [1.82, 2.24) is 5.32 Å². The first-order valence-corrected chi connectivity index (χ1v) is 6.11. The first-order chi connectivity index (χ1) is 9.20. The van der Waals surface area contributed by atoms with Crippen molar-refractivity contribution in [2.24, 2.45) is 5.41 Å². The number of amides is 2. The van der Waals surface area contributed by atoms with E-state index in [9.17, 15) is 14.4 Å². The highest BCUT2D eigenvalue weighted by Crippen LogP contribution is 2.12. The van der Waals surface area contributed by atoms with E-state index in [1.807, 2.05) is 0 Å². The van der Waals surface area contributed by atoms with Crippen LogP contribution in [0.1, 0.15) is 31.1 Å². The van der Waals surface area contributed by atoms with Crippen LogP contribution in [0.5, 0.6) is 0 Å². The molecule has 0 heterocycles. The number of hydrogen-bond acceptors (Lipinski definition) is 3. The zero-order chi connectivity index (χ0) is 15.3. The van der Waals surface area contributed by atoms with Gasteiger partial charge in [0.1, 0.15) is 0 Å². The third-order valence-corrected chi connectivity index (χ3v) is 2.51. The lowest BCUT2D eigenvalue weighted by atomic mass is 9.96. The molecule has 0 radical (unpaired) electrons. The van der Waals surface area contributed by atoms with Gasteiger partial charge in [-0.15, -0.1) is 0 Å². The summed E-state index contributed by atoms with van der Waals surface area (Å²) in [5.41, 5.74) is 0.0673. The summed E-state index contributed by atoms with van der Waals surface area (Å²) in [5.74, 6) is -1.61. The second-order valence-electron chi connectivity index (χ2n) is 5.36. The molecule has 1 aromatic rings. The summed E-state index contributed by atoms with van der Waals surface area (Å²) in [5, 5.41) is 13.8. The predicted octanol–water partition coefficient (Wildman–Crippen LogP) is 1.49. The van der Waals surface area contributed by atoms with Crippen molar-refractivity contribution in [3.05, 3.63) is 29.8 Å². The molecule has 2 amide bonds. The van der Waals surface area contributed by atoms with Gasteiger partial charge < -0.3 is 15.7 Å². The summed E-state index contributed by atoms with van der Waals surface area (Å²) < 4.78 is 0. The number of nitrogens with one attached hydrogen (secondary N) is 2. The van der Waals surface area contributed by atoms with Crippen molar-refractivity contribution in [2.45, 2.75) is 20.8 Å². The SMILES string of the molecule is CC(C)(C)C(=O)NCC(=O)Nc1ccc(C(=O)O)cc1. The van der Waals surface area contributed by atoms with E-state index in [4.69, 9.17) is 5.11 Å². The molecule has 0 aromatic heterocycles. The Morgan fingerprint density at radius 1 is 1.10 bits per heavy atom. The zero-order valence-corrected chi connectivity index (χ0v) is 11.7. The van der Waals surface area contributed by atoms with Crippen molar-refractivity contribution < 1.29 is 19.5 Å². The predicted molar refractivity (Wildman–Crippen MR) is 74.5 cm³/mol. The Morgan fingerprint density at radius 2 is 1.65 bits per heavy atom. The highest BCUT2D eigenvalue weighted by molar-refractivity contribution is 5.95. The van der Waals surface area contributed by atoms with Crippen molar-refractivity contribution in [1.29, 1.82) is 0 Å². The summed E-state index contributed by atoms with van der Waals surface area (Å²) in [7, 11) is 0. The molecule has 0 aliphatic rings. The maximum Gasteiger partial charge on any atom is 0.335 e. The molecule has 20 heavy (non-hydrogen) atoms. The fourth-order valence-corrected chi connectivity index (χ4v) is 1.33. The molecule has 6 nitrogen and oxygen atoms in total. The van der Waals surface area contributed by atoms with E-state index in [2.05, 4.69) is 10.6 Å². The van der Waals surface area contributed by atoms with Crippen LogP contribution >= 0.6 is 0 Å². The van der Waals surface area contributed by atoms with E-state index >= 15 is 0 Å². The minimum atomic E-state index is -1.03. The number of aromatic carboxylic acids is 1. The van der Waals surface area contributed by atoms with Crippen LogP contribution < -0.4 is 10.6 Å². The van der Waals surface area contributed by atoms with Crippen molar-refractivity contribution in [3.8, 4) is 0 Å². The van der Waals surface area contributed by atoms with Gasteiger partial charge in [0.2, 0.25) is 11.8 Å². The molecule has 0 saturated carbocycles. The largest absolute Gasteiger partial charge is 0.478 e. The van der Waals surface area contributed by atoms with E-state index in [0.29, 0.717) is 5.69 Å². The first kappa shape index (κ1) is 15.7.